The first-order valence-electron chi connectivity index (χ1n) is 6.60. The fourth-order valence-electron chi connectivity index (χ4n) is 2.03. The normalized spacial score (nSPS) is 15.3. The summed E-state index contributed by atoms with van der Waals surface area (Å²) in [5.41, 5.74) is 9.16. The minimum absolute atomic E-state index is 0.453. The second kappa shape index (κ2) is 4.99. The van der Waals surface area contributed by atoms with E-state index in [4.69, 9.17) is 10.5 Å². The molecule has 0 aromatic heterocycles. The van der Waals surface area contributed by atoms with E-state index in [1.807, 2.05) is 6.92 Å². The van der Waals surface area contributed by atoms with Crippen molar-refractivity contribution in [2.75, 3.05) is 12.3 Å². The average molecular weight is 233 g/mol. The summed E-state index contributed by atoms with van der Waals surface area (Å²) in [5.74, 6) is 2.40. The molecule has 0 radical (unpaired) electrons. The van der Waals surface area contributed by atoms with Gasteiger partial charge in [-0.1, -0.05) is 26.7 Å². The molecule has 1 saturated carbocycles. The molecule has 17 heavy (non-hydrogen) atoms. The average Bonchev–Trinajstić information content (AvgIpc) is 3.06. The van der Waals surface area contributed by atoms with Crippen molar-refractivity contribution in [1.29, 1.82) is 0 Å². The lowest BCUT2D eigenvalue weighted by atomic mass is 9.99. The summed E-state index contributed by atoms with van der Waals surface area (Å²) < 4.78 is 5.93. The Labute approximate surface area is 104 Å². The van der Waals surface area contributed by atoms with Crippen molar-refractivity contribution in [2.24, 2.45) is 5.92 Å². The van der Waals surface area contributed by atoms with Gasteiger partial charge in [-0.3, -0.25) is 0 Å². The van der Waals surface area contributed by atoms with Gasteiger partial charge in [-0.05, 0) is 48.4 Å². The molecule has 94 valence electrons. The molecule has 1 aromatic carbocycles. The van der Waals surface area contributed by atoms with Crippen molar-refractivity contribution in [3.63, 3.8) is 0 Å². The van der Waals surface area contributed by atoms with Crippen LogP contribution in [0.4, 0.5) is 5.69 Å². The van der Waals surface area contributed by atoms with Crippen LogP contribution < -0.4 is 10.5 Å². The number of nitrogens with two attached hydrogens (primary N) is 1. The second-order valence-corrected chi connectivity index (χ2v) is 5.48. The second-order valence-electron chi connectivity index (χ2n) is 5.48. The minimum Gasteiger partial charge on any atom is -0.493 e. The lowest BCUT2D eigenvalue weighted by molar-refractivity contribution is 0.298. The molecule has 1 aliphatic rings. The summed E-state index contributed by atoms with van der Waals surface area (Å²) in [4.78, 5) is 0. The van der Waals surface area contributed by atoms with Crippen molar-refractivity contribution < 1.29 is 4.74 Å². The van der Waals surface area contributed by atoms with Gasteiger partial charge in [0.25, 0.3) is 0 Å². The summed E-state index contributed by atoms with van der Waals surface area (Å²) in [6.07, 6.45) is 3.98. The van der Waals surface area contributed by atoms with Crippen molar-refractivity contribution in [1.82, 2.24) is 0 Å². The molecular weight excluding hydrogens is 210 g/mol. The Morgan fingerprint density at radius 2 is 2.06 bits per heavy atom. The van der Waals surface area contributed by atoms with E-state index in [0.717, 1.165) is 29.5 Å². The highest BCUT2D eigenvalue weighted by atomic mass is 16.5. The third kappa shape index (κ3) is 3.15. The van der Waals surface area contributed by atoms with E-state index in [1.165, 1.54) is 24.8 Å². The molecule has 0 aliphatic heterocycles. The lowest BCUT2D eigenvalue weighted by Gasteiger charge is -2.16. The zero-order chi connectivity index (χ0) is 12.4. The van der Waals surface area contributed by atoms with E-state index in [-0.39, 0.29) is 0 Å². The van der Waals surface area contributed by atoms with Gasteiger partial charge in [-0.15, -0.1) is 0 Å². The Balaban J connectivity index is 2.08. The Morgan fingerprint density at radius 3 is 2.65 bits per heavy atom. The molecule has 0 bridgehead atoms. The van der Waals surface area contributed by atoms with Crippen LogP contribution in [-0.2, 0) is 0 Å². The van der Waals surface area contributed by atoms with Gasteiger partial charge in [0.05, 0.1) is 6.61 Å². The number of rotatable bonds is 5. The molecule has 1 aromatic rings. The van der Waals surface area contributed by atoms with Crippen LogP contribution in [0.3, 0.4) is 0 Å². The maximum atomic E-state index is 5.96. The molecule has 0 heterocycles. The molecule has 1 fully saturated rings. The molecule has 1 aliphatic carbocycles. The lowest BCUT2D eigenvalue weighted by Crippen LogP contribution is -2.04. The maximum Gasteiger partial charge on any atom is 0.123 e. The molecule has 2 nitrogen and oxygen atoms in total. The van der Waals surface area contributed by atoms with E-state index in [9.17, 15) is 0 Å². The maximum absolute atomic E-state index is 5.96. The van der Waals surface area contributed by atoms with Gasteiger partial charge in [0, 0.05) is 5.69 Å². The number of aryl methyl sites for hydroxylation is 1. The van der Waals surface area contributed by atoms with Gasteiger partial charge >= 0.3 is 0 Å². The van der Waals surface area contributed by atoms with Crippen LogP contribution in [-0.4, -0.2) is 6.61 Å². The third-order valence-electron chi connectivity index (χ3n) is 3.50. The first kappa shape index (κ1) is 12.3. The molecule has 0 amide bonds. The smallest absolute Gasteiger partial charge is 0.123 e. The van der Waals surface area contributed by atoms with Crippen LogP contribution >= 0.6 is 0 Å². The Morgan fingerprint density at radius 1 is 1.35 bits per heavy atom. The Bertz CT molecular complexity index is 394. The van der Waals surface area contributed by atoms with Crippen LogP contribution in [0.25, 0.3) is 0 Å². The number of benzene rings is 1. The molecule has 0 saturated heterocycles. The summed E-state index contributed by atoms with van der Waals surface area (Å²) in [5, 5.41) is 0. The topological polar surface area (TPSA) is 35.2 Å². The molecular formula is C15H23NO. The van der Waals surface area contributed by atoms with Crippen LogP contribution in [0, 0.1) is 12.8 Å². The van der Waals surface area contributed by atoms with Gasteiger partial charge in [-0.2, -0.15) is 0 Å². The van der Waals surface area contributed by atoms with E-state index in [2.05, 4.69) is 26.0 Å². The molecule has 2 heteroatoms. The number of nitrogen functional groups attached to an aromatic ring is 1. The number of anilines is 1. The molecule has 0 spiro atoms. The summed E-state index contributed by atoms with van der Waals surface area (Å²) >= 11 is 0. The number of ether oxygens (including phenoxy) is 1. The highest BCUT2D eigenvalue weighted by molar-refractivity contribution is 5.55. The number of hydrogen-bond donors (Lipinski definition) is 1. The monoisotopic (exact) mass is 233 g/mol. The van der Waals surface area contributed by atoms with Gasteiger partial charge < -0.3 is 10.5 Å². The fraction of sp³-hybridized carbons (Fsp3) is 0.600. The van der Waals surface area contributed by atoms with Crippen LogP contribution in [0.2, 0.25) is 0 Å². The summed E-state index contributed by atoms with van der Waals surface area (Å²) in [7, 11) is 0. The summed E-state index contributed by atoms with van der Waals surface area (Å²) in [6.45, 7) is 7.23. The molecule has 2 N–H and O–H groups in total. The SMILES string of the molecule is Cc1cc(OCCC2CC2)c(C(C)C)cc1N. The van der Waals surface area contributed by atoms with Crippen LogP contribution in [0.5, 0.6) is 5.75 Å². The van der Waals surface area contributed by atoms with E-state index < -0.39 is 0 Å². The largest absolute Gasteiger partial charge is 0.493 e. The third-order valence-corrected chi connectivity index (χ3v) is 3.50. The minimum atomic E-state index is 0.453. The van der Waals surface area contributed by atoms with Gasteiger partial charge in [0.2, 0.25) is 0 Å². The van der Waals surface area contributed by atoms with E-state index in [0.29, 0.717) is 5.92 Å². The summed E-state index contributed by atoms with van der Waals surface area (Å²) in [6, 6.07) is 4.14. The van der Waals surface area contributed by atoms with E-state index >= 15 is 0 Å². The standard InChI is InChI=1S/C15H23NO/c1-10(2)13-9-14(16)11(3)8-15(13)17-7-6-12-4-5-12/h8-10,12H,4-7,16H2,1-3H3. The quantitative estimate of drug-likeness (QED) is 0.783. The Hall–Kier alpha value is -1.18. The predicted molar refractivity (Wildman–Crippen MR) is 72.5 cm³/mol. The van der Waals surface area contributed by atoms with Crippen molar-refractivity contribution in [2.45, 2.75) is 46.0 Å². The van der Waals surface area contributed by atoms with Gasteiger partial charge in [0.15, 0.2) is 0 Å². The molecule has 0 atom stereocenters. The highest BCUT2D eigenvalue weighted by Gasteiger charge is 2.21. The zero-order valence-corrected chi connectivity index (χ0v) is 11.1. The predicted octanol–water partition coefficient (Wildman–Crippen LogP) is 3.88. The fourth-order valence-corrected chi connectivity index (χ4v) is 2.03. The van der Waals surface area contributed by atoms with Crippen molar-refractivity contribution in [3.05, 3.63) is 23.3 Å². The Kier molecular flexibility index (Phi) is 3.60. The van der Waals surface area contributed by atoms with Gasteiger partial charge in [-0.25, -0.2) is 0 Å². The van der Waals surface area contributed by atoms with Crippen LogP contribution in [0.15, 0.2) is 12.1 Å². The van der Waals surface area contributed by atoms with E-state index in [1.54, 1.807) is 0 Å². The first-order valence-corrected chi connectivity index (χ1v) is 6.60. The molecule has 0 unspecified atom stereocenters. The van der Waals surface area contributed by atoms with Crippen molar-refractivity contribution >= 4 is 5.69 Å². The van der Waals surface area contributed by atoms with Crippen LogP contribution in [0.1, 0.15) is 50.2 Å². The highest BCUT2D eigenvalue weighted by Crippen LogP contribution is 2.34. The van der Waals surface area contributed by atoms with Gasteiger partial charge in [0.1, 0.15) is 5.75 Å². The zero-order valence-electron chi connectivity index (χ0n) is 11.1. The first-order chi connectivity index (χ1) is 8.08. The van der Waals surface area contributed by atoms with Crippen molar-refractivity contribution in [3.8, 4) is 5.75 Å². The molecule has 2 rings (SSSR count). The number of hydrogen-bond acceptors (Lipinski definition) is 2.